The molecular formula is C23H27N3O3. The highest BCUT2D eigenvalue weighted by atomic mass is 16.6. The number of nitro benzene ring substituents is 1. The monoisotopic (exact) mass is 393 g/mol. The van der Waals surface area contributed by atoms with E-state index in [9.17, 15) is 14.9 Å². The predicted octanol–water partition coefficient (Wildman–Crippen LogP) is 4.22. The largest absolute Gasteiger partial charge is 0.366 e. The normalized spacial score (nSPS) is 18.6. The highest BCUT2D eigenvalue weighted by Crippen LogP contribution is 2.33. The van der Waals surface area contributed by atoms with Gasteiger partial charge in [-0.15, -0.1) is 0 Å². The molecule has 2 aliphatic rings. The third kappa shape index (κ3) is 4.26. The number of hydrogen-bond donors (Lipinski definition) is 0. The maximum atomic E-state index is 13.0. The van der Waals surface area contributed by atoms with Gasteiger partial charge in [0.05, 0.1) is 4.92 Å². The zero-order chi connectivity index (χ0) is 20.2. The van der Waals surface area contributed by atoms with Crippen LogP contribution in [0.25, 0.3) is 0 Å². The molecular weight excluding hydrogens is 366 g/mol. The number of hydrogen-bond acceptors (Lipinski definition) is 4. The minimum absolute atomic E-state index is 0.0299. The van der Waals surface area contributed by atoms with Gasteiger partial charge in [-0.05, 0) is 43.2 Å². The van der Waals surface area contributed by atoms with Crippen molar-refractivity contribution < 1.29 is 9.72 Å². The van der Waals surface area contributed by atoms with Crippen LogP contribution in [0.2, 0.25) is 0 Å². The molecule has 29 heavy (non-hydrogen) atoms. The van der Waals surface area contributed by atoms with Gasteiger partial charge in [0.25, 0.3) is 5.69 Å². The Bertz CT molecular complexity index is 855. The second-order valence-corrected chi connectivity index (χ2v) is 8.02. The first kappa shape index (κ1) is 19.4. The fourth-order valence-corrected chi connectivity index (χ4v) is 4.67. The summed E-state index contributed by atoms with van der Waals surface area (Å²) in [5, 5.41) is 11.3. The SMILES string of the molecule is O=C(C1CCN(c2ccccc2[N+](=O)[O-])CC1)N1CCC(c2ccccc2)CC1. The number of nitrogens with zero attached hydrogens (tertiary/aromatic N) is 3. The van der Waals surface area contributed by atoms with Crippen molar-refractivity contribution in [3.63, 3.8) is 0 Å². The molecule has 0 spiro atoms. The number of likely N-dealkylation sites (tertiary alicyclic amines) is 1. The highest BCUT2D eigenvalue weighted by molar-refractivity contribution is 5.79. The molecule has 0 aromatic heterocycles. The van der Waals surface area contributed by atoms with E-state index in [0.717, 1.165) is 38.8 Å². The molecule has 1 amide bonds. The van der Waals surface area contributed by atoms with Crippen LogP contribution in [0, 0.1) is 16.0 Å². The Kier molecular flexibility index (Phi) is 5.79. The molecule has 0 saturated carbocycles. The molecule has 0 radical (unpaired) electrons. The van der Waals surface area contributed by atoms with Crippen molar-refractivity contribution in [3.8, 4) is 0 Å². The Morgan fingerprint density at radius 1 is 0.862 bits per heavy atom. The number of nitro groups is 1. The third-order valence-corrected chi connectivity index (χ3v) is 6.34. The number of carbonyl (C=O) groups is 1. The van der Waals surface area contributed by atoms with Crippen LogP contribution >= 0.6 is 0 Å². The fourth-order valence-electron chi connectivity index (χ4n) is 4.67. The van der Waals surface area contributed by atoms with Crippen LogP contribution in [0.5, 0.6) is 0 Å². The van der Waals surface area contributed by atoms with Crippen molar-refractivity contribution in [2.75, 3.05) is 31.1 Å². The number of rotatable bonds is 4. The zero-order valence-corrected chi connectivity index (χ0v) is 16.6. The van der Waals surface area contributed by atoms with E-state index in [4.69, 9.17) is 0 Å². The molecule has 0 unspecified atom stereocenters. The number of amides is 1. The van der Waals surface area contributed by atoms with Gasteiger partial charge in [0.15, 0.2) is 0 Å². The summed E-state index contributed by atoms with van der Waals surface area (Å²) in [5.74, 6) is 0.835. The van der Waals surface area contributed by atoms with Gasteiger partial charge in [0, 0.05) is 38.2 Å². The van der Waals surface area contributed by atoms with Gasteiger partial charge in [-0.25, -0.2) is 0 Å². The summed E-state index contributed by atoms with van der Waals surface area (Å²) in [6, 6.07) is 17.4. The summed E-state index contributed by atoms with van der Waals surface area (Å²) in [5.41, 5.74) is 2.17. The molecule has 0 aliphatic carbocycles. The number of carbonyl (C=O) groups excluding carboxylic acids is 1. The van der Waals surface area contributed by atoms with Crippen molar-refractivity contribution in [2.45, 2.75) is 31.6 Å². The van der Waals surface area contributed by atoms with Gasteiger partial charge >= 0.3 is 0 Å². The lowest BCUT2D eigenvalue weighted by molar-refractivity contribution is -0.384. The summed E-state index contributed by atoms with van der Waals surface area (Å²) in [7, 11) is 0. The maximum Gasteiger partial charge on any atom is 0.292 e. The predicted molar refractivity (Wildman–Crippen MR) is 113 cm³/mol. The molecule has 0 bridgehead atoms. The number of piperidine rings is 2. The van der Waals surface area contributed by atoms with Crippen molar-refractivity contribution >= 4 is 17.3 Å². The average molecular weight is 393 g/mol. The van der Waals surface area contributed by atoms with Crippen molar-refractivity contribution in [3.05, 3.63) is 70.3 Å². The lowest BCUT2D eigenvalue weighted by Crippen LogP contribution is -2.45. The molecule has 2 aromatic carbocycles. The van der Waals surface area contributed by atoms with E-state index in [2.05, 4.69) is 24.3 Å². The van der Waals surface area contributed by atoms with E-state index in [-0.39, 0.29) is 22.4 Å². The second-order valence-electron chi connectivity index (χ2n) is 8.02. The van der Waals surface area contributed by atoms with E-state index in [1.807, 2.05) is 21.9 Å². The Balaban J connectivity index is 1.32. The molecule has 2 aliphatic heterocycles. The number of benzene rings is 2. The first-order chi connectivity index (χ1) is 14.1. The standard InChI is InChI=1S/C23H27N3O3/c27-23(25-16-10-19(11-17-25)18-6-2-1-3-7-18)20-12-14-24(15-13-20)21-8-4-5-9-22(21)26(28)29/h1-9,19-20H,10-17H2. The zero-order valence-electron chi connectivity index (χ0n) is 16.6. The van der Waals surface area contributed by atoms with Crippen LogP contribution in [0.3, 0.4) is 0 Å². The van der Waals surface area contributed by atoms with E-state index in [1.54, 1.807) is 18.2 Å². The molecule has 0 N–H and O–H groups in total. The van der Waals surface area contributed by atoms with E-state index < -0.39 is 0 Å². The molecule has 2 aromatic rings. The van der Waals surface area contributed by atoms with Gasteiger partial charge < -0.3 is 9.80 Å². The van der Waals surface area contributed by atoms with Gasteiger partial charge in [0.2, 0.25) is 5.91 Å². The summed E-state index contributed by atoms with van der Waals surface area (Å²) >= 11 is 0. The minimum Gasteiger partial charge on any atom is -0.366 e. The molecule has 6 nitrogen and oxygen atoms in total. The summed E-state index contributed by atoms with van der Waals surface area (Å²) < 4.78 is 0. The van der Waals surface area contributed by atoms with E-state index in [0.29, 0.717) is 24.7 Å². The van der Waals surface area contributed by atoms with Crippen LogP contribution in [0.1, 0.15) is 37.2 Å². The Hall–Kier alpha value is -2.89. The maximum absolute atomic E-state index is 13.0. The first-order valence-electron chi connectivity index (χ1n) is 10.5. The molecule has 0 atom stereocenters. The van der Waals surface area contributed by atoms with Crippen LogP contribution in [0.15, 0.2) is 54.6 Å². The fraction of sp³-hybridized carbons (Fsp3) is 0.435. The van der Waals surface area contributed by atoms with Crippen molar-refractivity contribution in [1.82, 2.24) is 4.90 Å². The highest BCUT2D eigenvalue weighted by Gasteiger charge is 2.32. The average Bonchev–Trinajstić information content (AvgIpc) is 2.79. The summed E-state index contributed by atoms with van der Waals surface area (Å²) in [4.78, 5) is 28.1. The molecule has 4 rings (SSSR count). The van der Waals surface area contributed by atoms with E-state index >= 15 is 0 Å². The molecule has 152 valence electrons. The van der Waals surface area contributed by atoms with Crippen LogP contribution in [0.4, 0.5) is 11.4 Å². The quantitative estimate of drug-likeness (QED) is 0.576. The third-order valence-electron chi connectivity index (χ3n) is 6.34. The van der Waals surface area contributed by atoms with Gasteiger partial charge in [-0.3, -0.25) is 14.9 Å². The molecule has 2 saturated heterocycles. The van der Waals surface area contributed by atoms with Gasteiger partial charge in [-0.2, -0.15) is 0 Å². The van der Waals surface area contributed by atoms with Crippen LogP contribution in [-0.4, -0.2) is 41.9 Å². The molecule has 2 heterocycles. The van der Waals surface area contributed by atoms with Crippen molar-refractivity contribution in [2.24, 2.45) is 5.92 Å². The van der Waals surface area contributed by atoms with E-state index in [1.165, 1.54) is 5.56 Å². The number of para-hydroxylation sites is 2. The number of anilines is 1. The Labute approximate surface area is 171 Å². The van der Waals surface area contributed by atoms with Crippen LogP contribution in [-0.2, 0) is 4.79 Å². The first-order valence-corrected chi connectivity index (χ1v) is 10.5. The van der Waals surface area contributed by atoms with Gasteiger partial charge in [-0.1, -0.05) is 42.5 Å². The van der Waals surface area contributed by atoms with Crippen molar-refractivity contribution in [1.29, 1.82) is 0 Å². The Morgan fingerprint density at radius 3 is 2.14 bits per heavy atom. The smallest absolute Gasteiger partial charge is 0.292 e. The topological polar surface area (TPSA) is 66.7 Å². The Morgan fingerprint density at radius 2 is 1.48 bits per heavy atom. The van der Waals surface area contributed by atoms with Gasteiger partial charge in [0.1, 0.15) is 5.69 Å². The minimum atomic E-state index is -0.330. The second kappa shape index (κ2) is 8.64. The molecule has 2 fully saturated rings. The summed E-state index contributed by atoms with van der Waals surface area (Å²) in [6.45, 7) is 3.01. The molecule has 6 heteroatoms. The van der Waals surface area contributed by atoms with Crippen LogP contribution < -0.4 is 4.90 Å². The lowest BCUT2D eigenvalue weighted by atomic mass is 9.88. The lowest BCUT2D eigenvalue weighted by Gasteiger charge is -2.38. The summed E-state index contributed by atoms with van der Waals surface area (Å²) in [6.07, 6.45) is 3.54.